The first kappa shape index (κ1) is 21.6. The number of nitrogens with zero attached hydrogens (tertiary/aromatic N) is 3. The number of carbonyl (C=O) groups excluding carboxylic acids is 2. The fraction of sp³-hybridized carbons (Fsp3) is 0.273. The van der Waals surface area contributed by atoms with Crippen LogP contribution < -0.4 is 10.6 Å². The Labute approximate surface area is 180 Å². The van der Waals surface area contributed by atoms with Gasteiger partial charge in [0.15, 0.2) is 5.16 Å². The number of para-hydroxylation sites is 2. The van der Waals surface area contributed by atoms with Gasteiger partial charge in [-0.05, 0) is 38.1 Å². The van der Waals surface area contributed by atoms with Crippen molar-refractivity contribution in [1.82, 2.24) is 20.2 Å². The number of rotatable bonds is 9. The summed E-state index contributed by atoms with van der Waals surface area (Å²) in [4.78, 5) is 35.1. The van der Waals surface area contributed by atoms with Gasteiger partial charge in [-0.1, -0.05) is 42.1 Å². The van der Waals surface area contributed by atoms with E-state index in [0.717, 1.165) is 16.6 Å². The van der Waals surface area contributed by atoms with E-state index in [4.69, 9.17) is 0 Å². The van der Waals surface area contributed by atoms with E-state index in [1.54, 1.807) is 0 Å². The van der Waals surface area contributed by atoms with E-state index < -0.39 is 0 Å². The van der Waals surface area contributed by atoms with Gasteiger partial charge in [-0.3, -0.25) is 9.59 Å². The van der Waals surface area contributed by atoms with Crippen LogP contribution in [0.1, 0.15) is 13.8 Å². The number of carbonyl (C=O) groups is 2. The van der Waals surface area contributed by atoms with Gasteiger partial charge in [-0.2, -0.15) is 0 Å². The number of fused-ring (bicyclic) bond motifs is 1. The predicted octanol–water partition coefficient (Wildman–Crippen LogP) is 3.45. The molecule has 0 aliphatic rings. The fourth-order valence-corrected chi connectivity index (χ4v) is 3.65. The standard InChI is InChI=1S/C22H25N5O2S/c1-3-23-19(28)14-27(4-2)20(29)15-30-22-25-18-13-9-8-12-17(18)21(26-22)24-16-10-6-5-7-11-16/h5-13H,3-4,14-15H2,1-2H3,(H,23,28)(H,24,25,26). The summed E-state index contributed by atoms with van der Waals surface area (Å²) < 4.78 is 0. The van der Waals surface area contributed by atoms with Crippen molar-refractivity contribution < 1.29 is 9.59 Å². The molecule has 2 amide bonds. The van der Waals surface area contributed by atoms with Gasteiger partial charge in [0.2, 0.25) is 11.8 Å². The molecule has 0 saturated heterocycles. The molecule has 0 aliphatic heterocycles. The second-order valence-electron chi connectivity index (χ2n) is 6.51. The summed E-state index contributed by atoms with van der Waals surface area (Å²) in [7, 11) is 0. The van der Waals surface area contributed by atoms with Crippen LogP contribution in [0.5, 0.6) is 0 Å². The Bertz CT molecular complexity index is 1010. The minimum Gasteiger partial charge on any atom is -0.355 e. The van der Waals surface area contributed by atoms with E-state index in [9.17, 15) is 9.59 Å². The number of amides is 2. The molecule has 30 heavy (non-hydrogen) atoms. The molecule has 0 radical (unpaired) electrons. The highest BCUT2D eigenvalue weighted by atomic mass is 32.2. The molecule has 0 saturated carbocycles. The van der Waals surface area contributed by atoms with Gasteiger partial charge >= 0.3 is 0 Å². The normalized spacial score (nSPS) is 10.6. The molecule has 0 bridgehead atoms. The summed E-state index contributed by atoms with van der Waals surface area (Å²) in [5.41, 5.74) is 1.73. The van der Waals surface area contributed by atoms with E-state index in [0.29, 0.717) is 24.1 Å². The highest BCUT2D eigenvalue weighted by molar-refractivity contribution is 7.99. The molecule has 3 rings (SSSR count). The Morgan fingerprint density at radius 3 is 2.47 bits per heavy atom. The maximum Gasteiger partial charge on any atom is 0.239 e. The van der Waals surface area contributed by atoms with Crippen molar-refractivity contribution in [3.63, 3.8) is 0 Å². The first-order valence-electron chi connectivity index (χ1n) is 9.86. The molecule has 2 N–H and O–H groups in total. The predicted molar refractivity (Wildman–Crippen MR) is 121 cm³/mol. The lowest BCUT2D eigenvalue weighted by Gasteiger charge is -2.20. The molecule has 8 heteroatoms. The van der Waals surface area contributed by atoms with Crippen LogP contribution in [0.25, 0.3) is 10.9 Å². The molecule has 0 aliphatic carbocycles. The van der Waals surface area contributed by atoms with Gasteiger partial charge in [-0.15, -0.1) is 0 Å². The van der Waals surface area contributed by atoms with Gasteiger partial charge in [0.05, 0.1) is 17.8 Å². The lowest BCUT2D eigenvalue weighted by molar-refractivity contribution is -0.133. The second-order valence-corrected chi connectivity index (χ2v) is 7.46. The first-order chi connectivity index (χ1) is 14.6. The van der Waals surface area contributed by atoms with Gasteiger partial charge in [0.1, 0.15) is 5.82 Å². The average molecular weight is 424 g/mol. The number of aromatic nitrogens is 2. The third-order valence-electron chi connectivity index (χ3n) is 4.39. The average Bonchev–Trinajstić information content (AvgIpc) is 2.76. The summed E-state index contributed by atoms with van der Waals surface area (Å²) in [6.07, 6.45) is 0. The first-order valence-corrected chi connectivity index (χ1v) is 10.9. The van der Waals surface area contributed by atoms with Crippen LogP contribution in [-0.2, 0) is 9.59 Å². The Morgan fingerprint density at radius 2 is 1.73 bits per heavy atom. The van der Waals surface area contributed by atoms with E-state index in [-0.39, 0.29) is 24.1 Å². The Hall–Kier alpha value is -3.13. The number of nitrogens with one attached hydrogen (secondary N) is 2. The maximum absolute atomic E-state index is 12.6. The highest BCUT2D eigenvalue weighted by Crippen LogP contribution is 2.27. The van der Waals surface area contributed by atoms with Gasteiger partial charge in [0, 0.05) is 24.2 Å². The quantitative estimate of drug-likeness (QED) is 0.405. The number of likely N-dealkylation sites (N-methyl/N-ethyl adjacent to an activating group) is 2. The fourth-order valence-electron chi connectivity index (χ4n) is 2.89. The zero-order valence-corrected chi connectivity index (χ0v) is 17.9. The van der Waals surface area contributed by atoms with Crippen LogP contribution in [0.3, 0.4) is 0 Å². The maximum atomic E-state index is 12.6. The molecule has 0 atom stereocenters. The minimum atomic E-state index is -0.158. The molecule has 2 aromatic carbocycles. The van der Waals surface area contributed by atoms with Crippen LogP contribution in [-0.4, -0.2) is 52.1 Å². The van der Waals surface area contributed by atoms with Crippen molar-refractivity contribution in [1.29, 1.82) is 0 Å². The molecule has 0 spiro atoms. The van der Waals surface area contributed by atoms with Crippen molar-refractivity contribution in [2.45, 2.75) is 19.0 Å². The number of hydrogen-bond acceptors (Lipinski definition) is 6. The van der Waals surface area contributed by atoms with Crippen molar-refractivity contribution in [3.05, 3.63) is 54.6 Å². The van der Waals surface area contributed by atoms with E-state index >= 15 is 0 Å². The number of hydrogen-bond donors (Lipinski definition) is 2. The van der Waals surface area contributed by atoms with Gasteiger partial charge in [0.25, 0.3) is 0 Å². The molecule has 7 nitrogen and oxygen atoms in total. The topological polar surface area (TPSA) is 87.2 Å². The molecule has 1 aromatic heterocycles. The molecular weight excluding hydrogens is 398 g/mol. The summed E-state index contributed by atoms with van der Waals surface area (Å²) in [6, 6.07) is 17.5. The smallest absolute Gasteiger partial charge is 0.239 e. The van der Waals surface area contributed by atoms with Crippen LogP contribution >= 0.6 is 11.8 Å². The molecule has 156 valence electrons. The van der Waals surface area contributed by atoms with Crippen molar-refractivity contribution in [3.8, 4) is 0 Å². The molecular formula is C22H25N5O2S. The van der Waals surface area contributed by atoms with Crippen molar-refractivity contribution >= 4 is 46.0 Å². The number of benzene rings is 2. The molecule has 3 aromatic rings. The van der Waals surface area contributed by atoms with Crippen molar-refractivity contribution in [2.75, 3.05) is 30.7 Å². The summed E-state index contributed by atoms with van der Waals surface area (Å²) >= 11 is 1.27. The SMILES string of the molecule is CCNC(=O)CN(CC)C(=O)CSc1nc(Nc2ccccc2)c2ccccc2n1. The molecule has 0 unspecified atom stereocenters. The number of thioether (sulfide) groups is 1. The van der Waals surface area contributed by atoms with Gasteiger partial charge in [-0.25, -0.2) is 9.97 Å². The van der Waals surface area contributed by atoms with Crippen LogP contribution in [0.15, 0.2) is 59.8 Å². The third kappa shape index (κ3) is 5.70. The Kier molecular flexibility index (Phi) is 7.62. The van der Waals surface area contributed by atoms with E-state index in [1.165, 1.54) is 16.7 Å². The minimum absolute atomic E-state index is 0.0587. The lowest BCUT2D eigenvalue weighted by atomic mass is 10.2. The molecule has 0 fully saturated rings. The second kappa shape index (κ2) is 10.6. The van der Waals surface area contributed by atoms with Gasteiger partial charge < -0.3 is 15.5 Å². The van der Waals surface area contributed by atoms with Crippen LogP contribution in [0.2, 0.25) is 0 Å². The highest BCUT2D eigenvalue weighted by Gasteiger charge is 2.17. The number of anilines is 2. The molecule has 1 heterocycles. The summed E-state index contributed by atoms with van der Waals surface area (Å²) in [5.74, 6) is 0.574. The van der Waals surface area contributed by atoms with Crippen molar-refractivity contribution in [2.24, 2.45) is 0 Å². The largest absolute Gasteiger partial charge is 0.355 e. The van der Waals surface area contributed by atoms with E-state index in [1.807, 2.05) is 68.4 Å². The zero-order chi connectivity index (χ0) is 21.3. The summed E-state index contributed by atoms with van der Waals surface area (Å²) in [5, 5.41) is 7.47. The summed E-state index contributed by atoms with van der Waals surface area (Å²) in [6.45, 7) is 4.78. The monoisotopic (exact) mass is 423 g/mol. The third-order valence-corrected chi connectivity index (χ3v) is 5.22. The van der Waals surface area contributed by atoms with E-state index in [2.05, 4.69) is 20.6 Å². The Morgan fingerprint density at radius 1 is 1.00 bits per heavy atom. The lowest BCUT2D eigenvalue weighted by Crippen LogP contribution is -2.41. The van der Waals surface area contributed by atoms with Crippen LogP contribution in [0.4, 0.5) is 11.5 Å². The van der Waals surface area contributed by atoms with Crippen LogP contribution in [0, 0.1) is 0 Å². The Balaban J connectivity index is 1.75. The zero-order valence-electron chi connectivity index (χ0n) is 17.1.